The molecule has 1 fully saturated rings. The molecule has 0 amide bonds. The minimum Gasteiger partial charge on any atom is -0.382 e. The van der Waals surface area contributed by atoms with Crippen molar-refractivity contribution in [1.29, 1.82) is 0 Å². The maximum absolute atomic E-state index is 10.6. The fourth-order valence-corrected chi connectivity index (χ4v) is 2.42. The molecule has 1 N–H and O–H groups in total. The van der Waals surface area contributed by atoms with Gasteiger partial charge in [-0.15, -0.1) is 0 Å². The molecule has 2 atom stereocenters. The van der Waals surface area contributed by atoms with E-state index >= 15 is 0 Å². The second kappa shape index (κ2) is 3.79. The Morgan fingerprint density at radius 3 is 3.00 bits per heavy atom. The highest BCUT2D eigenvalue weighted by atomic mass is 16.5. The molecule has 2 heterocycles. The number of nitrogens with zero attached hydrogens (tertiary/aromatic N) is 1. The zero-order valence-electron chi connectivity index (χ0n) is 9.76. The Morgan fingerprint density at radius 2 is 2.24 bits per heavy atom. The number of aromatic nitrogens is 1. The molecule has 1 aliphatic heterocycles. The molecule has 3 rings (SSSR count). The van der Waals surface area contributed by atoms with Gasteiger partial charge in [0.25, 0.3) is 0 Å². The Labute approximate surface area is 100 Å². The summed E-state index contributed by atoms with van der Waals surface area (Å²) in [5.41, 5.74) is 0.907. The number of aliphatic hydroxyl groups is 1. The molecular formula is C14H15NO2. The van der Waals surface area contributed by atoms with Crippen LogP contribution in [-0.4, -0.2) is 22.8 Å². The number of benzene rings is 1. The third-order valence-electron chi connectivity index (χ3n) is 3.61. The summed E-state index contributed by atoms with van der Waals surface area (Å²) in [6.07, 6.45) is 2.22. The van der Waals surface area contributed by atoms with Crippen molar-refractivity contribution in [2.45, 2.75) is 25.0 Å². The van der Waals surface area contributed by atoms with Gasteiger partial charge in [0, 0.05) is 23.6 Å². The van der Waals surface area contributed by atoms with Gasteiger partial charge in [-0.3, -0.25) is 4.98 Å². The van der Waals surface area contributed by atoms with E-state index in [0.29, 0.717) is 13.0 Å². The maximum Gasteiger partial charge on any atom is 0.119 e. The van der Waals surface area contributed by atoms with Crippen molar-refractivity contribution in [3.8, 4) is 0 Å². The van der Waals surface area contributed by atoms with Crippen LogP contribution in [0.1, 0.15) is 18.9 Å². The highest BCUT2D eigenvalue weighted by Crippen LogP contribution is 2.36. The molecule has 0 radical (unpaired) electrons. The summed E-state index contributed by atoms with van der Waals surface area (Å²) in [5, 5.41) is 11.7. The molecule has 2 unspecified atom stereocenters. The van der Waals surface area contributed by atoms with Crippen molar-refractivity contribution in [3.05, 3.63) is 42.1 Å². The number of rotatable bonds is 1. The van der Waals surface area contributed by atoms with Crippen molar-refractivity contribution in [2.24, 2.45) is 0 Å². The summed E-state index contributed by atoms with van der Waals surface area (Å²) in [6, 6.07) is 9.93. The summed E-state index contributed by atoms with van der Waals surface area (Å²) >= 11 is 0. The second-order valence-electron chi connectivity index (χ2n) is 4.60. The first-order chi connectivity index (χ1) is 8.20. The Bertz CT molecular complexity index is 555. The molecule has 2 aromatic rings. The minimum absolute atomic E-state index is 0.175. The summed E-state index contributed by atoms with van der Waals surface area (Å²) in [6.45, 7) is 2.51. The van der Waals surface area contributed by atoms with Gasteiger partial charge in [-0.05, 0) is 19.1 Å². The molecule has 0 saturated carbocycles. The highest BCUT2D eigenvalue weighted by Gasteiger charge is 2.41. The third-order valence-corrected chi connectivity index (χ3v) is 3.61. The smallest absolute Gasteiger partial charge is 0.119 e. The molecule has 88 valence electrons. The quantitative estimate of drug-likeness (QED) is 0.815. The summed E-state index contributed by atoms with van der Waals surface area (Å²) in [7, 11) is 0. The first-order valence-corrected chi connectivity index (χ1v) is 5.89. The lowest BCUT2D eigenvalue weighted by Gasteiger charge is -2.26. The lowest BCUT2D eigenvalue weighted by Crippen LogP contribution is -2.33. The molecule has 1 saturated heterocycles. The predicted molar refractivity (Wildman–Crippen MR) is 65.7 cm³/mol. The Balaban J connectivity index is 2.12. The van der Waals surface area contributed by atoms with Crippen molar-refractivity contribution in [2.75, 3.05) is 6.61 Å². The van der Waals surface area contributed by atoms with Crippen molar-refractivity contribution < 1.29 is 9.84 Å². The van der Waals surface area contributed by atoms with E-state index in [0.717, 1.165) is 16.5 Å². The van der Waals surface area contributed by atoms with E-state index in [1.54, 1.807) is 6.20 Å². The summed E-state index contributed by atoms with van der Waals surface area (Å²) in [5.74, 6) is 0. The summed E-state index contributed by atoms with van der Waals surface area (Å²) < 4.78 is 5.46. The number of hydrogen-bond donors (Lipinski definition) is 1. The second-order valence-corrected chi connectivity index (χ2v) is 4.60. The molecular weight excluding hydrogens is 214 g/mol. The molecule has 3 heteroatoms. The average molecular weight is 229 g/mol. The topological polar surface area (TPSA) is 42.4 Å². The first kappa shape index (κ1) is 10.7. The molecule has 17 heavy (non-hydrogen) atoms. The number of hydrogen-bond acceptors (Lipinski definition) is 3. The number of fused-ring (bicyclic) bond motifs is 1. The van der Waals surface area contributed by atoms with Crippen molar-refractivity contribution in [3.63, 3.8) is 0 Å². The van der Waals surface area contributed by atoms with Gasteiger partial charge in [0.05, 0.1) is 18.2 Å². The molecule has 0 bridgehead atoms. The van der Waals surface area contributed by atoms with E-state index in [1.807, 2.05) is 37.3 Å². The Kier molecular flexibility index (Phi) is 2.38. The average Bonchev–Trinajstić information content (AvgIpc) is 2.70. The lowest BCUT2D eigenvalue weighted by molar-refractivity contribution is -0.0318. The van der Waals surface area contributed by atoms with E-state index in [2.05, 4.69) is 4.98 Å². The zero-order chi connectivity index (χ0) is 11.9. The van der Waals surface area contributed by atoms with Crippen LogP contribution in [0, 0.1) is 0 Å². The van der Waals surface area contributed by atoms with E-state index in [-0.39, 0.29) is 6.10 Å². The van der Waals surface area contributed by atoms with Gasteiger partial charge >= 0.3 is 0 Å². The summed E-state index contributed by atoms with van der Waals surface area (Å²) in [4.78, 5) is 4.39. The fraction of sp³-hybridized carbons (Fsp3) is 0.357. The van der Waals surface area contributed by atoms with Crippen LogP contribution in [0.15, 0.2) is 36.5 Å². The van der Waals surface area contributed by atoms with Gasteiger partial charge < -0.3 is 9.84 Å². The molecule has 0 spiro atoms. The van der Waals surface area contributed by atoms with Gasteiger partial charge in [-0.25, -0.2) is 0 Å². The number of ether oxygens (including phenoxy) is 1. The SMILES string of the molecule is CC1OCCC1(O)c1cnc2ccccc2c1. The van der Waals surface area contributed by atoms with Gasteiger partial charge in [-0.1, -0.05) is 18.2 Å². The zero-order valence-corrected chi connectivity index (χ0v) is 9.76. The molecule has 1 aliphatic rings. The van der Waals surface area contributed by atoms with Crippen LogP contribution in [0.25, 0.3) is 10.9 Å². The van der Waals surface area contributed by atoms with Crippen molar-refractivity contribution >= 4 is 10.9 Å². The van der Waals surface area contributed by atoms with Gasteiger partial charge in [0.2, 0.25) is 0 Å². The van der Waals surface area contributed by atoms with Crippen molar-refractivity contribution in [1.82, 2.24) is 4.98 Å². The van der Waals surface area contributed by atoms with E-state index in [9.17, 15) is 5.11 Å². The standard InChI is InChI=1S/C14H15NO2/c1-10-14(16,6-7-17-10)12-8-11-4-2-3-5-13(11)15-9-12/h2-5,8-10,16H,6-7H2,1H3. The number of pyridine rings is 1. The largest absolute Gasteiger partial charge is 0.382 e. The van der Waals surface area contributed by atoms with Crippen LogP contribution in [0.4, 0.5) is 0 Å². The first-order valence-electron chi connectivity index (χ1n) is 5.89. The predicted octanol–water partition coefficient (Wildman–Crippen LogP) is 2.23. The molecule has 1 aromatic heterocycles. The van der Waals surface area contributed by atoms with Gasteiger partial charge in [0.15, 0.2) is 0 Å². The van der Waals surface area contributed by atoms with Crippen LogP contribution in [0.2, 0.25) is 0 Å². The van der Waals surface area contributed by atoms with E-state index < -0.39 is 5.60 Å². The maximum atomic E-state index is 10.6. The van der Waals surface area contributed by atoms with Crippen LogP contribution in [0.3, 0.4) is 0 Å². The molecule has 3 nitrogen and oxygen atoms in total. The van der Waals surface area contributed by atoms with E-state index in [4.69, 9.17) is 4.74 Å². The van der Waals surface area contributed by atoms with Crippen LogP contribution < -0.4 is 0 Å². The third kappa shape index (κ3) is 1.63. The van der Waals surface area contributed by atoms with Crippen LogP contribution in [0.5, 0.6) is 0 Å². The van der Waals surface area contributed by atoms with Crippen LogP contribution in [-0.2, 0) is 10.3 Å². The lowest BCUT2D eigenvalue weighted by atomic mass is 9.88. The Morgan fingerprint density at radius 1 is 1.41 bits per heavy atom. The van der Waals surface area contributed by atoms with E-state index in [1.165, 1.54) is 0 Å². The fourth-order valence-electron chi connectivity index (χ4n) is 2.42. The normalized spacial score (nSPS) is 28.7. The molecule has 0 aliphatic carbocycles. The van der Waals surface area contributed by atoms with Gasteiger partial charge in [-0.2, -0.15) is 0 Å². The minimum atomic E-state index is -0.892. The van der Waals surface area contributed by atoms with Gasteiger partial charge in [0.1, 0.15) is 5.60 Å². The Hall–Kier alpha value is -1.45. The van der Waals surface area contributed by atoms with Crippen LogP contribution >= 0.6 is 0 Å². The monoisotopic (exact) mass is 229 g/mol. The highest BCUT2D eigenvalue weighted by molar-refractivity contribution is 5.78. The molecule has 1 aromatic carbocycles. The number of para-hydroxylation sites is 1.